The Balaban J connectivity index is 1.56. The Morgan fingerprint density at radius 3 is 2.76 bits per heavy atom. The van der Waals surface area contributed by atoms with Crippen molar-refractivity contribution in [1.29, 1.82) is 0 Å². The number of methoxy groups -OCH3 is 1. The average Bonchev–Trinajstić information content (AvgIpc) is 3.64. The number of thiophene rings is 1. The molecule has 196 valence electrons. The SMILES string of the molecule is CCCC[C@@H](N)C(=O)N[C@@H]1CCCc2sc(-c3ccc4c(=O)c(C(=O)O)cn(C5CC5)c4c3OC)cc21. The lowest BCUT2D eigenvalue weighted by atomic mass is 9.92. The molecule has 0 radical (unpaired) electrons. The molecule has 9 heteroatoms. The third-order valence-corrected chi connectivity index (χ3v) is 8.67. The number of rotatable bonds is 9. The fraction of sp³-hybridized carbons (Fsp3) is 0.464. The zero-order valence-corrected chi connectivity index (χ0v) is 22.0. The lowest BCUT2D eigenvalue weighted by Gasteiger charge is -2.25. The highest BCUT2D eigenvalue weighted by molar-refractivity contribution is 7.15. The molecule has 0 unspecified atom stereocenters. The molecule has 37 heavy (non-hydrogen) atoms. The Bertz CT molecular complexity index is 1420. The van der Waals surface area contributed by atoms with Gasteiger partial charge in [-0.1, -0.05) is 19.8 Å². The van der Waals surface area contributed by atoms with Gasteiger partial charge in [-0.25, -0.2) is 4.79 Å². The molecule has 1 amide bonds. The second-order valence-corrected chi connectivity index (χ2v) is 11.2. The number of nitrogens with one attached hydrogen (secondary N) is 1. The largest absolute Gasteiger partial charge is 0.494 e. The third-order valence-electron chi connectivity index (χ3n) is 7.42. The molecule has 5 rings (SSSR count). The zero-order chi connectivity index (χ0) is 26.3. The normalized spacial score (nSPS) is 17.9. The van der Waals surface area contributed by atoms with Crippen molar-refractivity contribution >= 4 is 34.1 Å². The molecular formula is C28H33N3O5S. The van der Waals surface area contributed by atoms with Crippen LogP contribution in [0.4, 0.5) is 0 Å². The summed E-state index contributed by atoms with van der Waals surface area (Å²) in [6.45, 7) is 2.08. The van der Waals surface area contributed by atoms with Crippen molar-refractivity contribution in [2.24, 2.45) is 5.73 Å². The molecule has 3 aromatic rings. The Morgan fingerprint density at radius 1 is 1.30 bits per heavy atom. The molecule has 0 aliphatic heterocycles. The quantitative estimate of drug-likeness (QED) is 0.371. The monoisotopic (exact) mass is 523 g/mol. The molecule has 1 aromatic carbocycles. The van der Waals surface area contributed by atoms with Crippen LogP contribution in [0.25, 0.3) is 21.3 Å². The summed E-state index contributed by atoms with van der Waals surface area (Å²) < 4.78 is 7.79. The van der Waals surface area contributed by atoms with E-state index in [1.165, 1.54) is 11.1 Å². The lowest BCUT2D eigenvalue weighted by molar-refractivity contribution is -0.123. The van der Waals surface area contributed by atoms with Gasteiger partial charge in [0.1, 0.15) is 5.56 Å². The molecule has 0 saturated heterocycles. The van der Waals surface area contributed by atoms with Crippen molar-refractivity contribution < 1.29 is 19.4 Å². The topological polar surface area (TPSA) is 124 Å². The molecule has 8 nitrogen and oxygen atoms in total. The number of hydrogen-bond donors (Lipinski definition) is 3. The van der Waals surface area contributed by atoms with E-state index < -0.39 is 17.4 Å². The number of pyridine rings is 1. The summed E-state index contributed by atoms with van der Waals surface area (Å²) in [5, 5.41) is 13.1. The zero-order valence-electron chi connectivity index (χ0n) is 21.2. The first-order valence-electron chi connectivity index (χ1n) is 13.0. The van der Waals surface area contributed by atoms with Gasteiger partial charge in [-0.3, -0.25) is 9.59 Å². The third kappa shape index (κ3) is 4.78. The van der Waals surface area contributed by atoms with Crippen molar-refractivity contribution in [3.63, 3.8) is 0 Å². The summed E-state index contributed by atoms with van der Waals surface area (Å²) in [4.78, 5) is 39.7. The molecule has 2 aromatic heterocycles. The standard InChI is InChI=1S/C28H33N3O5S/c1-3-4-6-20(29)27(33)30-21-7-5-8-22-18(21)13-23(37-22)16-11-12-17-24(26(16)36-2)31(15-9-10-15)14-19(25(17)32)28(34)35/h11-15,20-21H,3-10,29H2,1-2H3,(H,30,33)(H,34,35)/t20-,21-/m1/s1. The van der Waals surface area contributed by atoms with E-state index in [1.54, 1.807) is 24.5 Å². The maximum atomic E-state index is 13.0. The summed E-state index contributed by atoms with van der Waals surface area (Å²) in [6.07, 6.45) is 8.72. The van der Waals surface area contributed by atoms with E-state index in [-0.39, 0.29) is 23.6 Å². The highest BCUT2D eigenvalue weighted by Crippen LogP contribution is 2.46. The number of unbranched alkanes of at least 4 members (excludes halogenated alkanes) is 1. The molecule has 2 atom stereocenters. The van der Waals surface area contributed by atoms with E-state index in [4.69, 9.17) is 10.5 Å². The number of aromatic carboxylic acids is 1. The number of aryl methyl sites for hydroxylation is 1. The number of fused-ring (bicyclic) bond motifs is 2. The summed E-state index contributed by atoms with van der Waals surface area (Å²) >= 11 is 1.68. The number of carboxylic acids is 1. The van der Waals surface area contributed by atoms with Gasteiger partial charge in [0.2, 0.25) is 11.3 Å². The molecule has 0 bridgehead atoms. The summed E-state index contributed by atoms with van der Waals surface area (Å²) in [5.74, 6) is -0.762. The van der Waals surface area contributed by atoms with Crippen molar-refractivity contribution in [3.05, 3.63) is 50.6 Å². The molecule has 2 aliphatic carbocycles. The van der Waals surface area contributed by atoms with Crippen LogP contribution in [0.1, 0.15) is 84.8 Å². The van der Waals surface area contributed by atoms with Gasteiger partial charge in [0, 0.05) is 27.6 Å². The first-order chi connectivity index (χ1) is 17.8. The van der Waals surface area contributed by atoms with Crippen LogP contribution >= 0.6 is 11.3 Å². The number of aromatic nitrogens is 1. The Labute approximate surface area is 219 Å². The molecule has 2 aliphatic rings. The number of nitrogens with two attached hydrogens (primary N) is 1. The van der Waals surface area contributed by atoms with Crippen LogP contribution in [0.2, 0.25) is 0 Å². The number of carbonyl (C=O) groups is 2. The van der Waals surface area contributed by atoms with Gasteiger partial charge in [-0.05, 0) is 62.3 Å². The van der Waals surface area contributed by atoms with E-state index in [9.17, 15) is 19.5 Å². The summed E-state index contributed by atoms with van der Waals surface area (Å²) in [7, 11) is 1.58. The van der Waals surface area contributed by atoms with E-state index in [1.807, 2.05) is 10.6 Å². The minimum absolute atomic E-state index is 0.0804. The van der Waals surface area contributed by atoms with E-state index in [0.717, 1.165) is 60.9 Å². The Morgan fingerprint density at radius 2 is 2.08 bits per heavy atom. The number of ether oxygens (including phenoxy) is 1. The molecule has 0 spiro atoms. The number of carboxylic acid groups (broad SMARTS) is 1. The van der Waals surface area contributed by atoms with Crippen molar-refractivity contribution in [3.8, 4) is 16.2 Å². The van der Waals surface area contributed by atoms with Gasteiger partial charge in [-0.15, -0.1) is 11.3 Å². The van der Waals surface area contributed by atoms with Crippen molar-refractivity contribution in [2.45, 2.75) is 76.4 Å². The van der Waals surface area contributed by atoms with Gasteiger partial charge >= 0.3 is 5.97 Å². The predicted molar refractivity (Wildman–Crippen MR) is 145 cm³/mol. The van der Waals surface area contributed by atoms with E-state index >= 15 is 0 Å². The second kappa shape index (κ2) is 10.3. The van der Waals surface area contributed by atoms with Crippen LogP contribution in [0, 0.1) is 0 Å². The lowest BCUT2D eigenvalue weighted by Crippen LogP contribution is -2.42. The van der Waals surface area contributed by atoms with Crippen LogP contribution in [-0.2, 0) is 11.2 Å². The minimum atomic E-state index is -1.22. The number of nitrogens with zero attached hydrogens (tertiary/aromatic N) is 1. The first kappa shape index (κ1) is 25.5. The minimum Gasteiger partial charge on any atom is -0.494 e. The number of amides is 1. The maximum absolute atomic E-state index is 13.0. The van der Waals surface area contributed by atoms with Gasteiger partial charge in [0.05, 0.1) is 30.1 Å². The van der Waals surface area contributed by atoms with Crippen molar-refractivity contribution in [1.82, 2.24) is 9.88 Å². The molecule has 1 fully saturated rings. The number of carbonyl (C=O) groups excluding carboxylic acids is 1. The summed E-state index contributed by atoms with van der Waals surface area (Å²) in [6, 6.07) is 5.25. The average molecular weight is 524 g/mol. The fourth-order valence-corrected chi connectivity index (χ4v) is 6.57. The highest BCUT2D eigenvalue weighted by atomic mass is 32.1. The van der Waals surface area contributed by atoms with Crippen LogP contribution in [0.15, 0.2) is 29.2 Å². The number of hydrogen-bond acceptors (Lipinski definition) is 6. The number of benzene rings is 1. The van der Waals surface area contributed by atoms with Crippen LogP contribution in [0.3, 0.4) is 0 Å². The molecular weight excluding hydrogens is 490 g/mol. The Hall–Kier alpha value is -3.17. The molecule has 1 saturated carbocycles. The molecule has 4 N–H and O–H groups in total. The van der Waals surface area contributed by atoms with Crippen LogP contribution < -0.4 is 21.2 Å². The Kier molecular flexibility index (Phi) is 7.09. The van der Waals surface area contributed by atoms with Gasteiger partial charge in [0.25, 0.3) is 0 Å². The van der Waals surface area contributed by atoms with Gasteiger partial charge < -0.3 is 25.5 Å². The van der Waals surface area contributed by atoms with Crippen LogP contribution in [0.5, 0.6) is 5.75 Å². The summed E-state index contributed by atoms with van der Waals surface area (Å²) in [5.41, 5.74) is 8.00. The smallest absolute Gasteiger partial charge is 0.341 e. The van der Waals surface area contributed by atoms with Crippen LogP contribution in [-0.4, -0.2) is 34.7 Å². The van der Waals surface area contributed by atoms with Gasteiger partial charge in [0.15, 0.2) is 5.75 Å². The first-order valence-corrected chi connectivity index (χ1v) is 13.8. The maximum Gasteiger partial charge on any atom is 0.341 e. The van der Waals surface area contributed by atoms with Crippen molar-refractivity contribution in [2.75, 3.05) is 7.11 Å². The van der Waals surface area contributed by atoms with E-state index in [0.29, 0.717) is 23.1 Å². The van der Waals surface area contributed by atoms with Gasteiger partial charge in [-0.2, -0.15) is 0 Å². The highest BCUT2D eigenvalue weighted by Gasteiger charge is 2.31. The second-order valence-electron chi connectivity index (χ2n) is 10.0. The molecule has 2 heterocycles. The fourth-order valence-electron chi connectivity index (χ4n) is 5.28. The van der Waals surface area contributed by atoms with E-state index in [2.05, 4.69) is 18.3 Å². The predicted octanol–water partition coefficient (Wildman–Crippen LogP) is 4.78.